The summed E-state index contributed by atoms with van der Waals surface area (Å²) >= 11 is 0. The minimum Gasteiger partial charge on any atom is -0.508 e. The van der Waals surface area contributed by atoms with Gasteiger partial charge >= 0.3 is 0 Å². The molecule has 1 aromatic rings. The van der Waals surface area contributed by atoms with Crippen LogP contribution in [0, 0.1) is 6.92 Å². The van der Waals surface area contributed by atoms with Crippen LogP contribution in [0.1, 0.15) is 5.56 Å². The molecule has 0 fully saturated rings. The number of phenols is 1. The van der Waals surface area contributed by atoms with E-state index in [1.54, 1.807) is 20.8 Å². The molecule has 0 atom stereocenters. The molecule has 0 aliphatic rings. The van der Waals surface area contributed by atoms with Crippen LogP contribution in [0.3, 0.4) is 0 Å². The molecule has 0 bridgehead atoms. The van der Waals surface area contributed by atoms with E-state index in [0.717, 1.165) is 11.0 Å². The number of carbonyl (C=O) groups is 1. The number of carbonyl (C=O) groups excluding carboxylic acids is 1. The quantitative estimate of drug-likeness (QED) is 0.473. The van der Waals surface area contributed by atoms with Crippen molar-refractivity contribution in [1.29, 1.82) is 0 Å². The molecule has 62 valence electrons. The lowest BCUT2D eigenvalue weighted by Gasteiger charge is -2.07. The number of hydrogen-bond acceptors (Lipinski definition) is 3. The topological polar surface area (TPSA) is 46.5 Å². The first kappa shape index (κ1) is 8.65. The van der Waals surface area contributed by atoms with Crippen LogP contribution in [0.5, 0.6) is 11.5 Å². The zero-order valence-corrected chi connectivity index (χ0v) is 7.00. The molecule has 1 aromatic carbocycles. The molecule has 0 saturated heterocycles. The minimum absolute atomic E-state index is 0.214. The Kier molecular flexibility index (Phi) is 2.38. The van der Waals surface area contributed by atoms with Gasteiger partial charge in [0.25, 0.3) is 6.47 Å². The highest BCUT2D eigenvalue weighted by molar-refractivity contribution is 6.35. The second kappa shape index (κ2) is 3.30. The molecule has 1 N–H and O–H groups in total. The van der Waals surface area contributed by atoms with Gasteiger partial charge in [0.1, 0.15) is 19.3 Å². The molecule has 0 radical (unpaired) electrons. The van der Waals surface area contributed by atoms with Crippen molar-refractivity contribution in [3.8, 4) is 11.5 Å². The second-order valence-electron chi connectivity index (χ2n) is 2.55. The Morgan fingerprint density at radius 2 is 2.25 bits per heavy atom. The third kappa shape index (κ3) is 1.42. The molecule has 4 heteroatoms. The second-order valence-corrected chi connectivity index (χ2v) is 2.55. The van der Waals surface area contributed by atoms with Crippen LogP contribution in [-0.2, 0) is 4.79 Å². The number of benzene rings is 1. The first-order valence-electron chi connectivity index (χ1n) is 3.56. The molecule has 0 aromatic heterocycles. The molecule has 0 saturated carbocycles. The maximum Gasteiger partial charge on any atom is 0.298 e. The summed E-state index contributed by atoms with van der Waals surface area (Å²) in [5, 5.41) is 9.25. The van der Waals surface area contributed by atoms with Crippen molar-refractivity contribution in [3.63, 3.8) is 0 Å². The van der Waals surface area contributed by atoms with Crippen LogP contribution in [0.15, 0.2) is 12.1 Å². The molecular formula is C8H9BO3. The van der Waals surface area contributed by atoms with Crippen molar-refractivity contribution in [2.45, 2.75) is 6.92 Å². The summed E-state index contributed by atoms with van der Waals surface area (Å²) in [6, 6.07) is 3.06. The standard InChI is InChI=1S/C8H9BO3/c1-5-6(11)2-3-7(8(5)9)12-4-10/h2-4,11H,9H2,1H3. The summed E-state index contributed by atoms with van der Waals surface area (Å²) in [6.07, 6.45) is 0. The number of rotatable bonds is 2. The minimum atomic E-state index is 0.214. The van der Waals surface area contributed by atoms with E-state index in [2.05, 4.69) is 4.74 Å². The largest absolute Gasteiger partial charge is 0.508 e. The monoisotopic (exact) mass is 164 g/mol. The summed E-state index contributed by atoms with van der Waals surface area (Å²) in [5.74, 6) is 0.700. The fraction of sp³-hybridized carbons (Fsp3) is 0.125. The van der Waals surface area contributed by atoms with E-state index in [9.17, 15) is 9.90 Å². The van der Waals surface area contributed by atoms with Crippen LogP contribution in [-0.4, -0.2) is 19.4 Å². The molecule has 0 spiro atoms. The Balaban J connectivity index is 3.16. The van der Waals surface area contributed by atoms with Gasteiger partial charge < -0.3 is 9.84 Å². The van der Waals surface area contributed by atoms with Gasteiger partial charge in [-0.05, 0) is 30.1 Å². The van der Waals surface area contributed by atoms with E-state index < -0.39 is 0 Å². The molecule has 0 amide bonds. The normalized spacial score (nSPS) is 9.42. The van der Waals surface area contributed by atoms with Gasteiger partial charge in [0.2, 0.25) is 0 Å². The van der Waals surface area contributed by atoms with Gasteiger partial charge in [-0.2, -0.15) is 0 Å². The van der Waals surface area contributed by atoms with Crippen LogP contribution in [0.25, 0.3) is 0 Å². The van der Waals surface area contributed by atoms with Gasteiger partial charge in [-0.1, -0.05) is 0 Å². The van der Waals surface area contributed by atoms with E-state index in [-0.39, 0.29) is 5.75 Å². The molecule has 1 rings (SSSR count). The van der Waals surface area contributed by atoms with E-state index in [1.165, 1.54) is 6.07 Å². The zero-order valence-electron chi connectivity index (χ0n) is 7.00. The molecule has 0 aliphatic carbocycles. The number of hydrogen-bond donors (Lipinski definition) is 1. The van der Waals surface area contributed by atoms with Crippen LogP contribution in [0.4, 0.5) is 0 Å². The fourth-order valence-corrected chi connectivity index (χ4v) is 0.961. The van der Waals surface area contributed by atoms with Gasteiger partial charge in [-0.15, -0.1) is 0 Å². The maximum atomic E-state index is 10.0. The molecule has 12 heavy (non-hydrogen) atoms. The summed E-state index contributed by atoms with van der Waals surface area (Å²) in [7, 11) is 1.79. The van der Waals surface area contributed by atoms with Gasteiger partial charge in [-0.3, -0.25) is 4.79 Å². The molecule has 0 aliphatic heterocycles. The van der Waals surface area contributed by atoms with Gasteiger partial charge in [0.15, 0.2) is 0 Å². The van der Waals surface area contributed by atoms with Gasteiger partial charge in [0, 0.05) is 0 Å². The van der Waals surface area contributed by atoms with E-state index >= 15 is 0 Å². The van der Waals surface area contributed by atoms with E-state index in [0.29, 0.717) is 12.2 Å². The third-order valence-electron chi connectivity index (χ3n) is 1.88. The van der Waals surface area contributed by atoms with Crippen molar-refractivity contribution in [3.05, 3.63) is 17.7 Å². The highest BCUT2D eigenvalue weighted by Gasteiger charge is 2.04. The highest BCUT2D eigenvalue weighted by atomic mass is 16.5. The lowest BCUT2D eigenvalue weighted by Crippen LogP contribution is -2.11. The smallest absolute Gasteiger partial charge is 0.298 e. The number of ether oxygens (including phenoxy) is 1. The van der Waals surface area contributed by atoms with Crippen LogP contribution in [0.2, 0.25) is 0 Å². The highest BCUT2D eigenvalue weighted by Crippen LogP contribution is 2.17. The number of phenolic OH excluding ortho intramolecular Hbond substituents is 1. The summed E-state index contributed by atoms with van der Waals surface area (Å²) in [4.78, 5) is 10.0. The first-order valence-corrected chi connectivity index (χ1v) is 3.56. The molecule has 0 heterocycles. The predicted molar refractivity (Wildman–Crippen MR) is 47.7 cm³/mol. The summed E-state index contributed by atoms with van der Waals surface area (Å²) < 4.78 is 4.68. The van der Waals surface area contributed by atoms with E-state index in [4.69, 9.17) is 0 Å². The maximum absolute atomic E-state index is 10.0. The van der Waals surface area contributed by atoms with Crippen LogP contribution >= 0.6 is 0 Å². The Morgan fingerprint density at radius 1 is 1.58 bits per heavy atom. The third-order valence-corrected chi connectivity index (χ3v) is 1.88. The summed E-state index contributed by atoms with van der Waals surface area (Å²) in [6.45, 7) is 2.14. The molecular weight excluding hydrogens is 155 g/mol. The van der Waals surface area contributed by atoms with Crippen LogP contribution < -0.4 is 10.2 Å². The Bertz CT molecular complexity index is 309. The first-order chi connectivity index (χ1) is 5.66. The SMILES string of the molecule is Bc1c(OC=O)ccc(O)c1C. The van der Waals surface area contributed by atoms with Crippen molar-refractivity contribution in [1.82, 2.24) is 0 Å². The Morgan fingerprint density at radius 3 is 2.83 bits per heavy atom. The Hall–Kier alpha value is -1.45. The average molecular weight is 164 g/mol. The van der Waals surface area contributed by atoms with Crippen molar-refractivity contribution in [2.24, 2.45) is 0 Å². The van der Waals surface area contributed by atoms with Crippen molar-refractivity contribution >= 4 is 19.8 Å². The van der Waals surface area contributed by atoms with E-state index in [1.807, 2.05) is 0 Å². The lowest BCUT2D eigenvalue weighted by atomic mass is 9.90. The molecule has 0 unspecified atom stereocenters. The summed E-state index contributed by atoms with van der Waals surface area (Å²) in [5.41, 5.74) is 1.51. The lowest BCUT2D eigenvalue weighted by molar-refractivity contribution is -0.120. The predicted octanol–water partition coefficient (Wildman–Crippen LogP) is -0.506. The zero-order chi connectivity index (χ0) is 9.14. The van der Waals surface area contributed by atoms with Gasteiger partial charge in [0.05, 0.1) is 0 Å². The average Bonchev–Trinajstić information content (AvgIpc) is 2.07. The number of aromatic hydroxyl groups is 1. The fourth-order valence-electron chi connectivity index (χ4n) is 0.961. The Labute approximate surface area is 71.4 Å². The van der Waals surface area contributed by atoms with Crippen molar-refractivity contribution in [2.75, 3.05) is 0 Å². The van der Waals surface area contributed by atoms with Gasteiger partial charge in [-0.25, -0.2) is 0 Å². The van der Waals surface area contributed by atoms with Crippen molar-refractivity contribution < 1.29 is 14.6 Å². The molecule has 3 nitrogen and oxygen atoms in total.